The molecule has 1 amide bonds. The second-order valence-electron chi connectivity index (χ2n) is 3.62. The Morgan fingerprint density at radius 3 is 2.71 bits per heavy atom. The maximum absolute atomic E-state index is 12.9. The lowest BCUT2D eigenvalue weighted by molar-refractivity contribution is -0.119. The molecule has 1 aromatic rings. The monoisotopic (exact) mass is 261 g/mol. The van der Waals surface area contributed by atoms with Gasteiger partial charge in [0, 0.05) is 13.5 Å². The van der Waals surface area contributed by atoms with Gasteiger partial charge < -0.3 is 15.5 Å². The molecule has 0 saturated heterocycles. The van der Waals surface area contributed by atoms with Crippen LogP contribution in [0.25, 0.3) is 0 Å². The van der Waals surface area contributed by atoms with Gasteiger partial charge in [0.05, 0.1) is 5.02 Å². The zero-order valence-corrected chi connectivity index (χ0v) is 9.91. The predicted molar refractivity (Wildman–Crippen MR) is 61.1 cm³/mol. The highest BCUT2D eigenvalue weighted by atomic mass is 35.5. The summed E-state index contributed by atoms with van der Waals surface area (Å²) in [5, 5.41) is 21.5. The van der Waals surface area contributed by atoms with Crippen LogP contribution in [-0.4, -0.2) is 28.8 Å². The van der Waals surface area contributed by atoms with Crippen molar-refractivity contribution in [1.29, 1.82) is 0 Å². The van der Waals surface area contributed by atoms with Crippen molar-refractivity contribution in [3.8, 4) is 0 Å². The van der Waals surface area contributed by atoms with Crippen LogP contribution in [0.5, 0.6) is 0 Å². The van der Waals surface area contributed by atoms with Crippen molar-refractivity contribution >= 4 is 17.5 Å². The topological polar surface area (TPSA) is 69.6 Å². The van der Waals surface area contributed by atoms with Crippen molar-refractivity contribution in [3.05, 3.63) is 34.6 Å². The molecule has 0 aliphatic heterocycles. The van der Waals surface area contributed by atoms with Crippen molar-refractivity contribution in [3.63, 3.8) is 0 Å². The van der Waals surface area contributed by atoms with Crippen LogP contribution in [-0.2, 0) is 4.79 Å². The first-order chi connectivity index (χ1) is 7.91. The van der Waals surface area contributed by atoms with Crippen LogP contribution in [0.15, 0.2) is 18.2 Å². The van der Waals surface area contributed by atoms with Gasteiger partial charge in [0.25, 0.3) is 0 Å². The van der Waals surface area contributed by atoms with Crippen molar-refractivity contribution in [2.24, 2.45) is 0 Å². The van der Waals surface area contributed by atoms with E-state index in [0.717, 1.165) is 6.07 Å². The second-order valence-corrected chi connectivity index (χ2v) is 4.03. The minimum Gasteiger partial charge on any atom is -0.388 e. The summed E-state index contributed by atoms with van der Waals surface area (Å²) >= 11 is 5.55. The van der Waals surface area contributed by atoms with E-state index in [1.54, 1.807) is 0 Å². The molecule has 0 saturated carbocycles. The van der Waals surface area contributed by atoms with Gasteiger partial charge in [-0.2, -0.15) is 0 Å². The number of carbonyl (C=O) groups is 1. The first kappa shape index (κ1) is 13.9. The van der Waals surface area contributed by atoms with Crippen LogP contribution in [0.4, 0.5) is 4.39 Å². The predicted octanol–water partition coefficient (Wildman–Crippen LogP) is 1.01. The van der Waals surface area contributed by atoms with Gasteiger partial charge in [-0.3, -0.25) is 4.79 Å². The fourth-order valence-corrected chi connectivity index (χ4v) is 1.47. The Bertz CT molecular complexity index is 414. The maximum atomic E-state index is 12.9. The van der Waals surface area contributed by atoms with Gasteiger partial charge in [-0.25, -0.2) is 4.39 Å². The molecule has 17 heavy (non-hydrogen) atoms. The van der Waals surface area contributed by atoms with Gasteiger partial charge in [0.2, 0.25) is 5.91 Å². The highest BCUT2D eigenvalue weighted by Crippen LogP contribution is 2.22. The minimum absolute atomic E-state index is 0.0918. The molecule has 0 radical (unpaired) electrons. The van der Waals surface area contributed by atoms with Gasteiger partial charge >= 0.3 is 0 Å². The molecular weight excluding hydrogens is 249 g/mol. The number of aliphatic hydroxyl groups excluding tert-OH is 2. The Hall–Kier alpha value is -1.17. The van der Waals surface area contributed by atoms with E-state index in [1.165, 1.54) is 19.1 Å². The average molecular weight is 262 g/mol. The summed E-state index contributed by atoms with van der Waals surface area (Å²) in [5.41, 5.74) is 0.286. The Balaban J connectivity index is 2.70. The average Bonchev–Trinajstić information content (AvgIpc) is 2.28. The number of carbonyl (C=O) groups excluding carboxylic acids is 1. The van der Waals surface area contributed by atoms with Crippen LogP contribution in [0.2, 0.25) is 5.02 Å². The Kier molecular flexibility index (Phi) is 4.86. The molecule has 0 fully saturated rings. The van der Waals surface area contributed by atoms with Crippen LogP contribution in [0.3, 0.4) is 0 Å². The molecular formula is C11H13ClFNO3. The van der Waals surface area contributed by atoms with Crippen LogP contribution in [0.1, 0.15) is 18.6 Å². The summed E-state index contributed by atoms with van der Waals surface area (Å²) < 4.78 is 12.9. The van der Waals surface area contributed by atoms with E-state index >= 15 is 0 Å². The summed E-state index contributed by atoms with van der Waals surface area (Å²) in [5.74, 6) is -0.910. The zero-order valence-electron chi connectivity index (χ0n) is 9.15. The number of amides is 1. The molecule has 4 nitrogen and oxygen atoms in total. The molecule has 0 aromatic heterocycles. The molecule has 0 bridgehead atoms. The molecule has 0 aliphatic rings. The van der Waals surface area contributed by atoms with E-state index in [-0.39, 0.29) is 23.0 Å². The lowest BCUT2D eigenvalue weighted by Gasteiger charge is -2.18. The largest absolute Gasteiger partial charge is 0.388 e. The third-order valence-corrected chi connectivity index (χ3v) is 2.50. The smallest absolute Gasteiger partial charge is 0.216 e. The standard InChI is InChI=1S/C11H13ClFNO3/c1-6(15)14-5-10(16)11(17)7-2-3-9(13)8(12)4-7/h2-4,10-11,16-17H,5H2,1H3,(H,14,15). The Morgan fingerprint density at radius 2 is 2.18 bits per heavy atom. The first-order valence-corrected chi connectivity index (χ1v) is 5.35. The Labute approximate surface area is 103 Å². The summed E-state index contributed by atoms with van der Waals surface area (Å²) in [6.07, 6.45) is -2.42. The van der Waals surface area contributed by atoms with Gasteiger partial charge in [-0.15, -0.1) is 0 Å². The van der Waals surface area contributed by atoms with Gasteiger partial charge in [-0.1, -0.05) is 17.7 Å². The zero-order chi connectivity index (χ0) is 13.0. The quantitative estimate of drug-likeness (QED) is 0.758. The molecule has 2 atom stereocenters. The highest BCUT2D eigenvalue weighted by molar-refractivity contribution is 6.30. The fraction of sp³-hybridized carbons (Fsp3) is 0.364. The fourth-order valence-electron chi connectivity index (χ4n) is 1.28. The number of benzene rings is 1. The summed E-state index contributed by atoms with van der Waals surface area (Å²) in [7, 11) is 0. The highest BCUT2D eigenvalue weighted by Gasteiger charge is 2.19. The summed E-state index contributed by atoms with van der Waals surface area (Å²) in [6, 6.07) is 3.66. The molecule has 0 aliphatic carbocycles. The molecule has 1 aromatic carbocycles. The third-order valence-electron chi connectivity index (χ3n) is 2.21. The second kappa shape index (κ2) is 5.95. The summed E-state index contributed by atoms with van der Waals surface area (Å²) in [6.45, 7) is 1.21. The molecule has 3 N–H and O–H groups in total. The van der Waals surface area contributed by atoms with Crippen molar-refractivity contribution in [1.82, 2.24) is 5.32 Å². The first-order valence-electron chi connectivity index (χ1n) is 4.97. The lowest BCUT2D eigenvalue weighted by Crippen LogP contribution is -2.34. The number of hydrogen-bond acceptors (Lipinski definition) is 3. The number of aliphatic hydroxyl groups is 2. The number of nitrogens with one attached hydrogen (secondary N) is 1. The van der Waals surface area contributed by atoms with Crippen molar-refractivity contribution < 1.29 is 19.4 Å². The van der Waals surface area contributed by atoms with Gasteiger partial charge in [0.15, 0.2) is 0 Å². The number of hydrogen-bond donors (Lipinski definition) is 3. The van der Waals surface area contributed by atoms with Crippen LogP contribution >= 0.6 is 11.6 Å². The van der Waals surface area contributed by atoms with Gasteiger partial charge in [0.1, 0.15) is 18.0 Å². The molecule has 2 unspecified atom stereocenters. The van der Waals surface area contributed by atoms with E-state index in [0.29, 0.717) is 0 Å². The molecule has 0 heterocycles. The van der Waals surface area contributed by atoms with Crippen LogP contribution in [0, 0.1) is 5.82 Å². The number of rotatable bonds is 4. The minimum atomic E-state index is -1.24. The maximum Gasteiger partial charge on any atom is 0.216 e. The van der Waals surface area contributed by atoms with E-state index in [1.807, 2.05) is 0 Å². The van der Waals surface area contributed by atoms with Gasteiger partial charge in [-0.05, 0) is 17.7 Å². The molecule has 0 spiro atoms. The molecule has 6 heteroatoms. The molecule has 94 valence electrons. The SMILES string of the molecule is CC(=O)NCC(O)C(O)c1ccc(F)c(Cl)c1. The van der Waals surface area contributed by atoms with Crippen molar-refractivity contribution in [2.75, 3.05) is 6.54 Å². The molecule has 1 rings (SSSR count). The van der Waals surface area contributed by atoms with E-state index < -0.39 is 18.0 Å². The van der Waals surface area contributed by atoms with E-state index in [2.05, 4.69) is 5.32 Å². The Morgan fingerprint density at radius 1 is 1.53 bits per heavy atom. The summed E-state index contributed by atoms with van der Waals surface area (Å²) in [4.78, 5) is 10.6. The normalized spacial score (nSPS) is 14.2. The van der Waals surface area contributed by atoms with Crippen LogP contribution < -0.4 is 5.32 Å². The van der Waals surface area contributed by atoms with E-state index in [9.17, 15) is 19.4 Å². The third kappa shape index (κ3) is 3.96. The number of halogens is 2. The lowest BCUT2D eigenvalue weighted by atomic mass is 10.0. The van der Waals surface area contributed by atoms with E-state index in [4.69, 9.17) is 11.6 Å². The van der Waals surface area contributed by atoms with Crippen molar-refractivity contribution in [2.45, 2.75) is 19.1 Å².